The smallest absolute Gasteiger partial charge is 0.404 e. The first-order valence-electron chi connectivity index (χ1n) is 7.98. The molecule has 5 nitrogen and oxygen atoms in total. The Hall–Kier alpha value is -2.51. The number of nitrogens with zero attached hydrogens (tertiary/aromatic N) is 1. The first-order chi connectivity index (χ1) is 11.8. The summed E-state index contributed by atoms with van der Waals surface area (Å²) in [6.07, 6.45) is -1.62. The molecule has 1 aliphatic heterocycles. The van der Waals surface area contributed by atoms with Gasteiger partial charge in [-0.3, -0.25) is 9.59 Å². The van der Waals surface area contributed by atoms with Crippen molar-refractivity contribution in [2.45, 2.75) is 32.2 Å². The summed E-state index contributed by atoms with van der Waals surface area (Å²) < 4.78 is 43.8. The van der Waals surface area contributed by atoms with Crippen LogP contribution in [0.2, 0.25) is 0 Å². The fourth-order valence-electron chi connectivity index (χ4n) is 3.14. The fourth-order valence-corrected chi connectivity index (χ4v) is 3.14. The first kappa shape index (κ1) is 17.3. The Morgan fingerprint density at radius 1 is 1.20 bits per heavy atom. The summed E-state index contributed by atoms with van der Waals surface area (Å²) in [7, 11) is 0. The zero-order chi connectivity index (χ0) is 18.0. The van der Waals surface area contributed by atoms with E-state index >= 15 is 0 Å². The minimum absolute atomic E-state index is 0.0200. The third-order valence-corrected chi connectivity index (χ3v) is 4.29. The largest absolute Gasteiger partial charge is 0.573 e. The van der Waals surface area contributed by atoms with E-state index in [1.807, 2.05) is 0 Å². The van der Waals surface area contributed by atoms with Gasteiger partial charge in [-0.15, -0.1) is 13.2 Å². The highest BCUT2D eigenvalue weighted by Crippen LogP contribution is 2.30. The summed E-state index contributed by atoms with van der Waals surface area (Å²) >= 11 is 0. The van der Waals surface area contributed by atoms with Gasteiger partial charge in [-0.1, -0.05) is 6.07 Å². The standard InChI is InChI=1S/C17H17F3N2O3/c18-17(19,20)25-14-3-1-2-12-13(23)7-9-22(16(12)14)10-11-4-5-15(24)21-8-6-11/h1-3,7,9,11H,4-6,8,10H2,(H,21,24). The Morgan fingerprint density at radius 3 is 2.76 bits per heavy atom. The topological polar surface area (TPSA) is 60.3 Å². The molecule has 0 bridgehead atoms. The Labute approximate surface area is 141 Å². The van der Waals surface area contributed by atoms with E-state index in [1.165, 1.54) is 30.5 Å². The van der Waals surface area contributed by atoms with E-state index in [9.17, 15) is 22.8 Å². The van der Waals surface area contributed by atoms with E-state index < -0.39 is 12.1 Å². The van der Waals surface area contributed by atoms with E-state index in [4.69, 9.17) is 0 Å². The second-order valence-corrected chi connectivity index (χ2v) is 6.08. The number of ether oxygens (including phenoxy) is 1. The maximum absolute atomic E-state index is 12.7. The third kappa shape index (κ3) is 4.12. The molecule has 2 heterocycles. The minimum atomic E-state index is -4.84. The predicted molar refractivity (Wildman–Crippen MR) is 85.2 cm³/mol. The second kappa shape index (κ2) is 6.78. The number of carbonyl (C=O) groups is 1. The van der Waals surface area contributed by atoms with Gasteiger partial charge in [0.05, 0.1) is 5.52 Å². The van der Waals surface area contributed by atoms with Gasteiger partial charge in [-0.2, -0.15) is 0 Å². The number of aromatic nitrogens is 1. The van der Waals surface area contributed by atoms with Gasteiger partial charge in [0.2, 0.25) is 5.91 Å². The molecule has 1 N–H and O–H groups in total. The lowest BCUT2D eigenvalue weighted by atomic mass is 10.00. The van der Waals surface area contributed by atoms with Crippen molar-refractivity contribution in [3.8, 4) is 5.75 Å². The molecule has 0 saturated carbocycles. The number of nitrogens with one attached hydrogen (secondary N) is 1. The maximum atomic E-state index is 12.7. The molecule has 1 atom stereocenters. The molecule has 0 radical (unpaired) electrons. The molecule has 1 aromatic heterocycles. The van der Waals surface area contributed by atoms with Gasteiger partial charge in [-0.05, 0) is 30.9 Å². The van der Waals surface area contributed by atoms with E-state index in [0.717, 1.165) is 6.42 Å². The highest BCUT2D eigenvalue weighted by molar-refractivity contribution is 5.84. The van der Waals surface area contributed by atoms with Crippen LogP contribution in [0.3, 0.4) is 0 Å². The SMILES string of the molecule is O=C1CCC(Cn2ccc(=O)c3cccc(OC(F)(F)F)c32)CCN1. The van der Waals surface area contributed by atoms with Gasteiger partial charge in [-0.25, -0.2) is 0 Å². The second-order valence-electron chi connectivity index (χ2n) is 6.08. The first-order valence-corrected chi connectivity index (χ1v) is 7.98. The number of hydrogen-bond acceptors (Lipinski definition) is 3. The molecule has 3 rings (SSSR count). The van der Waals surface area contributed by atoms with Crippen molar-refractivity contribution in [3.63, 3.8) is 0 Å². The number of pyridine rings is 1. The van der Waals surface area contributed by atoms with E-state index in [0.29, 0.717) is 25.9 Å². The van der Waals surface area contributed by atoms with Crippen molar-refractivity contribution in [1.29, 1.82) is 0 Å². The van der Waals surface area contributed by atoms with Gasteiger partial charge >= 0.3 is 6.36 Å². The van der Waals surface area contributed by atoms with Gasteiger partial charge in [0.15, 0.2) is 11.2 Å². The van der Waals surface area contributed by atoms with Crippen LogP contribution in [0.15, 0.2) is 35.3 Å². The molecule has 0 aliphatic carbocycles. The number of rotatable bonds is 3. The average molecular weight is 354 g/mol. The van der Waals surface area contributed by atoms with Crippen molar-refractivity contribution in [2.75, 3.05) is 6.54 Å². The monoisotopic (exact) mass is 354 g/mol. The molecule has 134 valence electrons. The third-order valence-electron chi connectivity index (χ3n) is 4.29. The normalized spacial score (nSPS) is 18.7. The molecule has 8 heteroatoms. The zero-order valence-electron chi connectivity index (χ0n) is 13.3. The van der Waals surface area contributed by atoms with Gasteiger partial charge < -0.3 is 14.6 Å². The number of para-hydroxylation sites is 1. The highest BCUT2D eigenvalue weighted by Gasteiger charge is 2.32. The number of benzene rings is 1. The van der Waals surface area contributed by atoms with Crippen LogP contribution >= 0.6 is 0 Å². The molecule has 1 unspecified atom stereocenters. The highest BCUT2D eigenvalue weighted by atomic mass is 19.4. The van der Waals surface area contributed by atoms with Crippen molar-refractivity contribution in [1.82, 2.24) is 9.88 Å². The summed E-state index contributed by atoms with van der Waals surface area (Å²) in [6, 6.07) is 5.38. The minimum Gasteiger partial charge on any atom is -0.404 e. The lowest BCUT2D eigenvalue weighted by molar-refractivity contribution is -0.274. The molecular formula is C17H17F3N2O3. The summed E-state index contributed by atoms with van der Waals surface area (Å²) in [6.45, 7) is 0.942. The molecule has 2 aromatic rings. The van der Waals surface area contributed by atoms with Crippen molar-refractivity contribution in [3.05, 3.63) is 40.7 Å². The van der Waals surface area contributed by atoms with Crippen LogP contribution in [0.5, 0.6) is 5.75 Å². The number of hydrogen-bond donors (Lipinski definition) is 1. The van der Waals surface area contributed by atoms with Gasteiger partial charge in [0, 0.05) is 37.2 Å². The summed E-state index contributed by atoms with van der Waals surface area (Å²) in [5.41, 5.74) is -0.243. The molecule has 1 aromatic carbocycles. The number of carbonyl (C=O) groups excluding carboxylic acids is 1. The Kier molecular flexibility index (Phi) is 4.69. The van der Waals surface area contributed by atoms with Crippen LogP contribution in [-0.2, 0) is 11.3 Å². The molecule has 25 heavy (non-hydrogen) atoms. The number of amides is 1. The quantitative estimate of drug-likeness (QED) is 0.922. The van der Waals surface area contributed by atoms with E-state index in [2.05, 4.69) is 10.1 Å². The van der Waals surface area contributed by atoms with E-state index in [-0.39, 0.29) is 28.2 Å². The zero-order valence-corrected chi connectivity index (χ0v) is 13.3. The Morgan fingerprint density at radius 2 is 2.00 bits per heavy atom. The summed E-state index contributed by atoms with van der Waals surface area (Å²) in [4.78, 5) is 23.5. The molecule has 1 saturated heterocycles. The maximum Gasteiger partial charge on any atom is 0.573 e. The number of fused-ring (bicyclic) bond motifs is 1. The van der Waals surface area contributed by atoms with Crippen LogP contribution in [0.4, 0.5) is 13.2 Å². The molecule has 1 amide bonds. The van der Waals surface area contributed by atoms with Gasteiger partial charge in [0.25, 0.3) is 0 Å². The Balaban J connectivity index is 2.01. The average Bonchev–Trinajstić information content (AvgIpc) is 2.73. The number of halogens is 3. The van der Waals surface area contributed by atoms with Crippen molar-refractivity contribution < 1.29 is 22.7 Å². The van der Waals surface area contributed by atoms with E-state index in [1.54, 1.807) is 4.57 Å². The van der Waals surface area contributed by atoms with Crippen LogP contribution in [-0.4, -0.2) is 23.4 Å². The van der Waals surface area contributed by atoms with Crippen LogP contribution < -0.4 is 15.5 Å². The van der Waals surface area contributed by atoms with Crippen LogP contribution in [0, 0.1) is 5.92 Å². The fraction of sp³-hybridized carbons (Fsp3) is 0.412. The summed E-state index contributed by atoms with van der Waals surface area (Å²) in [5.74, 6) is -0.303. The van der Waals surface area contributed by atoms with Crippen molar-refractivity contribution >= 4 is 16.8 Å². The molecule has 1 aliphatic rings. The molecule has 0 spiro atoms. The lowest BCUT2D eigenvalue weighted by Crippen LogP contribution is -2.22. The van der Waals surface area contributed by atoms with Crippen LogP contribution in [0.1, 0.15) is 19.3 Å². The summed E-state index contributed by atoms with van der Waals surface area (Å²) in [5, 5.41) is 2.95. The predicted octanol–water partition coefficient (Wildman–Crippen LogP) is 2.82. The molecular weight excluding hydrogens is 337 g/mol. The molecule has 1 fully saturated rings. The lowest BCUT2D eigenvalue weighted by Gasteiger charge is -2.20. The van der Waals surface area contributed by atoms with Gasteiger partial charge in [0.1, 0.15) is 0 Å². The van der Waals surface area contributed by atoms with Crippen molar-refractivity contribution in [2.24, 2.45) is 5.92 Å². The number of alkyl halides is 3. The van der Waals surface area contributed by atoms with Crippen LogP contribution in [0.25, 0.3) is 10.9 Å². The Bertz CT molecular complexity index is 845.